The van der Waals surface area contributed by atoms with Crippen molar-refractivity contribution in [1.29, 1.82) is 0 Å². The van der Waals surface area contributed by atoms with E-state index in [4.69, 9.17) is 0 Å². The number of anilines is 1. The Labute approximate surface area is 165 Å². The zero-order chi connectivity index (χ0) is 20.3. The van der Waals surface area contributed by atoms with E-state index in [2.05, 4.69) is 15.4 Å². The van der Waals surface area contributed by atoms with Gasteiger partial charge in [-0.1, -0.05) is 0 Å². The van der Waals surface area contributed by atoms with Crippen LogP contribution in [0.5, 0.6) is 0 Å². The van der Waals surface area contributed by atoms with Crippen molar-refractivity contribution in [2.75, 3.05) is 31.5 Å². The molecule has 9 nitrogen and oxygen atoms in total. The van der Waals surface area contributed by atoms with Gasteiger partial charge < -0.3 is 5.32 Å². The van der Waals surface area contributed by atoms with Crippen LogP contribution in [0.3, 0.4) is 0 Å². The summed E-state index contributed by atoms with van der Waals surface area (Å²) >= 11 is 0. The van der Waals surface area contributed by atoms with Gasteiger partial charge in [0, 0.05) is 50.7 Å². The van der Waals surface area contributed by atoms with Gasteiger partial charge >= 0.3 is 0 Å². The number of nitrogens with zero attached hydrogens (tertiary/aromatic N) is 5. The molecule has 1 atom stereocenters. The molecule has 3 rings (SSSR count). The Morgan fingerprint density at radius 1 is 1.11 bits per heavy atom. The smallest absolute Gasteiger partial charge is 0.244 e. The van der Waals surface area contributed by atoms with Crippen LogP contribution in [0.2, 0.25) is 0 Å². The fourth-order valence-electron chi connectivity index (χ4n) is 3.20. The second-order valence-corrected chi connectivity index (χ2v) is 8.99. The molecule has 1 N–H and O–H groups in total. The predicted octanol–water partition coefficient (Wildman–Crippen LogP) is 1.19. The number of aromatic nitrogens is 3. The number of rotatable bonds is 6. The standard InChI is InChI=1S/C18H26N6O3S/c1-14(2)24-17(6-8-20-24)21-18(25)15(3)22-9-11-23(12-10-22)28(26,27)16-5-4-7-19-13-16/h4-8,13-15H,9-12H2,1-3H3,(H,21,25). The highest BCUT2D eigenvalue weighted by Gasteiger charge is 2.32. The first kappa shape index (κ1) is 20.4. The molecule has 0 saturated carbocycles. The maximum absolute atomic E-state index is 12.7. The number of carbonyl (C=O) groups excluding carboxylic acids is 1. The number of pyridine rings is 1. The fraction of sp³-hybridized carbons (Fsp3) is 0.500. The van der Waals surface area contributed by atoms with Gasteiger partial charge in [-0.2, -0.15) is 9.40 Å². The van der Waals surface area contributed by atoms with Gasteiger partial charge in [0.05, 0.1) is 12.2 Å². The average Bonchev–Trinajstić information content (AvgIpc) is 3.16. The summed E-state index contributed by atoms with van der Waals surface area (Å²) in [6, 6.07) is 4.68. The van der Waals surface area contributed by atoms with Gasteiger partial charge in [0.2, 0.25) is 15.9 Å². The largest absolute Gasteiger partial charge is 0.310 e. The molecule has 28 heavy (non-hydrogen) atoms. The number of hydrogen-bond donors (Lipinski definition) is 1. The highest BCUT2D eigenvalue weighted by atomic mass is 32.2. The van der Waals surface area contributed by atoms with Crippen molar-refractivity contribution in [3.05, 3.63) is 36.8 Å². The lowest BCUT2D eigenvalue weighted by molar-refractivity contribution is -0.121. The Morgan fingerprint density at radius 3 is 2.43 bits per heavy atom. The molecule has 0 bridgehead atoms. The Kier molecular flexibility index (Phi) is 6.11. The minimum atomic E-state index is -3.56. The number of amides is 1. The van der Waals surface area contributed by atoms with Crippen LogP contribution in [-0.4, -0.2) is 70.5 Å². The molecular formula is C18H26N6O3S. The van der Waals surface area contributed by atoms with Crippen LogP contribution in [0, 0.1) is 0 Å². The van der Waals surface area contributed by atoms with E-state index >= 15 is 0 Å². The molecular weight excluding hydrogens is 380 g/mol. The van der Waals surface area contributed by atoms with Gasteiger partial charge in [-0.3, -0.25) is 14.7 Å². The first-order valence-corrected chi connectivity index (χ1v) is 10.7. The Hall–Kier alpha value is -2.30. The maximum atomic E-state index is 12.7. The van der Waals surface area contributed by atoms with Gasteiger partial charge in [-0.15, -0.1) is 0 Å². The Bertz CT molecular complexity index is 904. The molecule has 0 aromatic carbocycles. The van der Waals surface area contributed by atoms with Crippen LogP contribution in [0.1, 0.15) is 26.8 Å². The summed E-state index contributed by atoms with van der Waals surface area (Å²) in [6.07, 6.45) is 4.56. The molecule has 2 aromatic rings. The first-order chi connectivity index (χ1) is 13.3. The van der Waals surface area contributed by atoms with E-state index in [0.717, 1.165) is 0 Å². The molecule has 1 saturated heterocycles. The second kappa shape index (κ2) is 8.38. The van der Waals surface area contributed by atoms with Crippen molar-refractivity contribution in [3.8, 4) is 0 Å². The molecule has 1 unspecified atom stereocenters. The average molecular weight is 407 g/mol. The quantitative estimate of drug-likeness (QED) is 0.774. The van der Waals surface area contributed by atoms with Crippen molar-refractivity contribution in [3.63, 3.8) is 0 Å². The molecule has 1 amide bonds. The van der Waals surface area contributed by atoms with Crippen LogP contribution < -0.4 is 5.32 Å². The fourth-order valence-corrected chi connectivity index (χ4v) is 4.59. The van der Waals surface area contributed by atoms with Crippen molar-refractivity contribution in [2.24, 2.45) is 0 Å². The molecule has 0 spiro atoms. The van der Waals surface area contributed by atoms with E-state index in [9.17, 15) is 13.2 Å². The van der Waals surface area contributed by atoms with E-state index in [0.29, 0.717) is 32.0 Å². The molecule has 0 radical (unpaired) electrons. The molecule has 3 heterocycles. The predicted molar refractivity (Wildman–Crippen MR) is 105 cm³/mol. The monoisotopic (exact) mass is 406 g/mol. The minimum absolute atomic E-state index is 0.133. The van der Waals surface area contributed by atoms with E-state index in [1.807, 2.05) is 25.7 Å². The second-order valence-electron chi connectivity index (χ2n) is 7.05. The van der Waals surface area contributed by atoms with Gasteiger partial charge in [0.25, 0.3) is 0 Å². The van der Waals surface area contributed by atoms with E-state index in [1.165, 1.54) is 10.5 Å². The lowest BCUT2D eigenvalue weighted by Gasteiger charge is -2.36. The molecule has 152 valence electrons. The molecule has 1 aliphatic rings. The van der Waals surface area contributed by atoms with Crippen molar-refractivity contribution < 1.29 is 13.2 Å². The number of hydrogen-bond acceptors (Lipinski definition) is 6. The van der Waals surface area contributed by atoms with Crippen LogP contribution in [0.25, 0.3) is 0 Å². The third-order valence-corrected chi connectivity index (χ3v) is 6.77. The summed E-state index contributed by atoms with van der Waals surface area (Å²) in [5.41, 5.74) is 0. The Balaban J connectivity index is 1.60. The summed E-state index contributed by atoms with van der Waals surface area (Å²) in [6.45, 7) is 7.45. The SMILES string of the molecule is CC(C(=O)Nc1ccnn1C(C)C)N1CCN(S(=O)(=O)c2cccnc2)CC1. The highest BCUT2D eigenvalue weighted by molar-refractivity contribution is 7.89. The van der Waals surface area contributed by atoms with Gasteiger partial charge in [0.15, 0.2) is 0 Å². The lowest BCUT2D eigenvalue weighted by atomic mass is 10.2. The number of sulfonamides is 1. The number of nitrogens with one attached hydrogen (secondary N) is 1. The summed E-state index contributed by atoms with van der Waals surface area (Å²) in [4.78, 5) is 18.7. The van der Waals surface area contributed by atoms with Gasteiger partial charge in [0.1, 0.15) is 10.7 Å². The van der Waals surface area contributed by atoms with Gasteiger partial charge in [-0.05, 0) is 32.9 Å². The topological polar surface area (TPSA) is 100 Å². The summed E-state index contributed by atoms with van der Waals surface area (Å²) in [7, 11) is -3.56. The van der Waals surface area contributed by atoms with E-state index in [1.54, 1.807) is 35.3 Å². The third-order valence-electron chi connectivity index (χ3n) is 4.88. The van der Waals surface area contributed by atoms with Crippen LogP contribution in [0.15, 0.2) is 41.7 Å². The van der Waals surface area contributed by atoms with E-state index in [-0.39, 0.29) is 22.9 Å². The van der Waals surface area contributed by atoms with Crippen LogP contribution in [-0.2, 0) is 14.8 Å². The third kappa shape index (κ3) is 4.23. The highest BCUT2D eigenvalue weighted by Crippen LogP contribution is 2.18. The Morgan fingerprint density at radius 2 is 1.82 bits per heavy atom. The number of piperazine rings is 1. The van der Waals surface area contributed by atoms with Crippen LogP contribution >= 0.6 is 0 Å². The summed E-state index contributed by atoms with van der Waals surface area (Å²) in [5.74, 6) is 0.524. The molecule has 10 heteroatoms. The molecule has 0 aliphatic carbocycles. The first-order valence-electron chi connectivity index (χ1n) is 9.29. The lowest BCUT2D eigenvalue weighted by Crippen LogP contribution is -2.54. The molecule has 2 aromatic heterocycles. The van der Waals surface area contributed by atoms with Crippen LogP contribution in [0.4, 0.5) is 5.82 Å². The van der Waals surface area contributed by atoms with Crippen molar-refractivity contribution in [1.82, 2.24) is 24.0 Å². The zero-order valence-electron chi connectivity index (χ0n) is 16.3. The molecule has 1 aliphatic heterocycles. The van der Waals surface area contributed by atoms with E-state index < -0.39 is 10.0 Å². The van der Waals surface area contributed by atoms with Crippen molar-refractivity contribution in [2.45, 2.75) is 37.8 Å². The normalized spacial score (nSPS) is 17.6. The summed E-state index contributed by atoms with van der Waals surface area (Å²) in [5, 5.41) is 7.13. The number of carbonyl (C=O) groups is 1. The van der Waals surface area contributed by atoms with Gasteiger partial charge in [-0.25, -0.2) is 13.1 Å². The maximum Gasteiger partial charge on any atom is 0.244 e. The zero-order valence-corrected chi connectivity index (χ0v) is 17.1. The van der Waals surface area contributed by atoms with Crippen molar-refractivity contribution >= 4 is 21.7 Å². The molecule has 1 fully saturated rings. The summed E-state index contributed by atoms with van der Waals surface area (Å²) < 4.78 is 28.6. The minimum Gasteiger partial charge on any atom is -0.310 e.